The SMILES string of the molecule is NC(=O)c1cccnc1N1CCN(c2nc3ccccc3[nH]2)CC1. The molecule has 1 aliphatic heterocycles. The molecular weight excluding hydrogens is 304 g/mol. The van der Waals surface area contributed by atoms with E-state index in [1.54, 1.807) is 18.3 Å². The Labute approximate surface area is 139 Å². The topological polar surface area (TPSA) is 91.1 Å². The first-order chi connectivity index (χ1) is 11.7. The number of carbonyl (C=O) groups excluding carboxylic acids is 1. The summed E-state index contributed by atoms with van der Waals surface area (Å²) in [5.74, 6) is 1.10. The van der Waals surface area contributed by atoms with Gasteiger partial charge in [-0.1, -0.05) is 12.1 Å². The molecule has 1 aliphatic rings. The number of imidazole rings is 1. The van der Waals surface area contributed by atoms with E-state index in [1.165, 1.54) is 0 Å². The molecule has 4 rings (SSSR count). The van der Waals surface area contributed by atoms with Gasteiger partial charge in [0.15, 0.2) is 0 Å². The normalized spacial score (nSPS) is 15.0. The maximum Gasteiger partial charge on any atom is 0.252 e. The summed E-state index contributed by atoms with van der Waals surface area (Å²) in [5, 5.41) is 0. The van der Waals surface area contributed by atoms with E-state index in [0.717, 1.165) is 43.2 Å². The summed E-state index contributed by atoms with van der Waals surface area (Å²) in [6, 6.07) is 11.4. The van der Waals surface area contributed by atoms with Gasteiger partial charge in [0.25, 0.3) is 5.91 Å². The fraction of sp³-hybridized carbons (Fsp3) is 0.235. The number of piperazine rings is 1. The maximum absolute atomic E-state index is 11.6. The van der Waals surface area contributed by atoms with Gasteiger partial charge in [-0.2, -0.15) is 0 Å². The molecule has 3 aromatic rings. The number of fused-ring (bicyclic) bond motifs is 1. The zero-order valence-corrected chi connectivity index (χ0v) is 13.1. The highest BCUT2D eigenvalue weighted by molar-refractivity contribution is 5.97. The highest BCUT2D eigenvalue weighted by Gasteiger charge is 2.23. The minimum absolute atomic E-state index is 0.446. The second kappa shape index (κ2) is 5.84. The number of hydrogen-bond acceptors (Lipinski definition) is 5. The number of nitrogens with one attached hydrogen (secondary N) is 1. The van der Waals surface area contributed by atoms with Gasteiger partial charge in [0, 0.05) is 32.4 Å². The molecule has 0 radical (unpaired) electrons. The molecule has 0 bridgehead atoms. The minimum Gasteiger partial charge on any atom is -0.365 e. The highest BCUT2D eigenvalue weighted by Crippen LogP contribution is 2.22. The number of H-pyrrole nitrogens is 1. The van der Waals surface area contributed by atoms with Crippen molar-refractivity contribution in [1.82, 2.24) is 15.0 Å². The summed E-state index contributed by atoms with van der Waals surface area (Å²) in [6.07, 6.45) is 1.69. The van der Waals surface area contributed by atoms with Crippen molar-refractivity contribution in [2.45, 2.75) is 0 Å². The van der Waals surface area contributed by atoms with Crippen LogP contribution in [0.25, 0.3) is 11.0 Å². The standard InChI is InChI=1S/C17H18N6O/c18-15(24)12-4-3-7-19-16(12)22-8-10-23(11-9-22)17-20-13-5-1-2-6-14(13)21-17/h1-7H,8-11H2,(H2,18,24)(H,20,21). The first-order valence-electron chi connectivity index (χ1n) is 7.92. The average Bonchev–Trinajstić information content (AvgIpc) is 3.06. The molecule has 1 amide bonds. The second-order valence-electron chi connectivity index (χ2n) is 5.79. The number of benzene rings is 1. The number of para-hydroxylation sites is 2. The Kier molecular flexibility index (Phi) is 3.53. The number of rotatable bonds is 3. The van der Waals surface area contributed by atoms with Crippen molar-refractivity contribution in [3.05, 3.63) is 48.2 Å². The van der Waals surface area contributed by atoms with Crippen molar-refractivity contribution in [3.63, 3.8) is 0 Å². The average molecular weight is 322 g/mol. The molecule has 1 saturated heterocycles. The molecule has 1 fully saturated rings. The van der Waals surface area contributed by atoms with Crippen LogP contribution in [0.4, 0.5) is 11.8 Å². The lowest BCUT2D eigenvalue weighted by Crippen LogP contribution is -2.47. The molecule has 2 aromatic heterocycles. The number of aromatic nitrogens is 3. The van der Waals surface area contributed by atoms with Crippen LogP contribution in [0.2, 0.25) is 0 Å². The Balaban J connectivity index is 1.52. The van der Waals surface area contributed by atoms with Gasteiger partial charge in [-0.05, 0) is 24.3 Å². The van der Waals surface area contributed by atoms with E-state index in [1.807, 2.05) is 24.3 Å². The Hall–Kier alpha value is -3.09. The maximum atomic E-state index is 11.6. The van der Waals surface area contributed by atoms with Crippen molar-refractivity contribution < 1.29 is 4.79 Å². The molecular formula is C17H18N6O. The number of primary amides is 1. The molecule has 7 heteroatoms. The van der Waals surface area contributed by atoms with Crippen LogP contribution < -0.4 is 15.5 Å². The Morgan fingerprint density at radius 1 is 1.04 bits per heavy atom. The van der Waals surface area contributed by atoms with Gasteiger partial charge >= 0.3 is 0 Å². The van der Waals surface area contributed by atoms with E-state index in [4.69, 9.17) is 5.73 Å². The molecule has 0 spiro atoms. The summed E-state index contributed by atoms with van der Waals surface area (Å²) < 4.78 is 0. The number of pyridine rings is 1. The van der Waals surface area contributed by atoms with E-state index < -0.39 is 5.91 Å². The molecule has 3 heterocycles. The Bertz CT molecular complexity index is 848. The van der Waals surface area contributed by atoms with Crippen molar-refractivity contribution in [2.24, 2.45) is 5.73 Å². The number of nitrogens with zero attached hydrogens (tertiary/aromatic N) is 4. The van der Waals surface area contributed by atoms with Crippen molar-refractivity contribution in [3.8, 4) is 0 Å². The lowest BCUT2D eigenvalue weighted by molar-refractivity contribution is 0.100. The van der Waals surface area contributed by atoms with E-state index >= 15 is 0 Å². The van der Waals surface area contributed by atoms with Gasteiger partial charge in [-0.3, -0.25) is 4.79 Å². The monoisotopic (exact) mass is 322 g/mol. The van der Waals surface area contributed by atoms with Crippen LogP contribution in [-0.2, 0) is 0 Å². The van der Waals surface area contributed by atoms with Crippen LogP contribution in [0, 0.1) is 0 Å². The highest BCUT2D eigenvalue weighted by atomic mass is 16.1. The van der Waals surface area contributed by atoms with Gasteiger partial charge in [-0.25, -0.2) is 9.97 Å². The molecule has 24 heavy (non-hydrogen) atoms. The number of anilines is 2. The van der Waals surface area contributed by atoms with E-state index in [9.17, 15) is 4.79 Å². The van der Waals surface area contributed by atoms with E-state index in [-0.39, 0.29) is 0 Å². The van der Waals surface area contributed by atoms with Crippen LogP contribution in [-0.4, -0.2) is 47.0 Å². The minimum atomic E-state index is -0.446. The van der Waals surface area contributed by atoms with Gasteiger partial charge in [0.05, 0.1) is 16.6 Å². The predicted molar refractivity (Wildman–Crippen MR) is 93.3 cm³/mol. The number of amides is 1. The molecule has 0 atom stereocenters. The lowest BCUT2D eigenvalue weighted by Gasteiger charge is -2.35. The van der Waals surface area contributed by atoms with E-state index in [2.05, 4.69) is 24.8 Å². The Morgan fingerprint density at radius 3 is 2.54 bits per heavy atom. The molecule has 0 aliphatic carbocycles. The van der Waals surface area contributed by atoms with Crippen LogP contribution in [0.1, 0.15) is 10.4 Å². The van der Waals surface area contributed by atoms with Crippen molar-refractivity contribution >= 4 is 28.7 Å². The molecule has 122 valence electrons. The fourth-order valence-electron chi connectivity index (χ4n) is 3.06. The molecule has 7 nitrogen and oxygen atoms in total. The van der Waals surface area contributed by atoms with Gasteiger partial charge in [0.1, 0.15) is 5.82 Å². The van der Waals surface area contributed by atoms with Crippen LogP contribution in [0.5, 0.6) is 0 Å². The third-order valence-electron chi connectivity index (χ3n) is 4.31. The zero-order valence-electron chi connectivity index (χ0n) is 13.1. The first-order valence-corrected chi connectivity index (χ1v) is 7.92. The summed E-state index contributed by atoms with van der Waals surface area (Å²) in [5.41, 5.74) is 7.92. The van der Waals surface area contributed by atoms with Gasteiger partial charge in [0.2, 0.25) is 5.95 Å². The van der Waals surface area contributed by atoms with E-state index in [0.29, 0.717) is 11.4 Å². The third kappa shape index (κ3) is 2.54. The van der Waals surface area contributed by atoms with Gasteiger partial charge < -0.3 is 20.5 Å². The summed E-state index contributed by atoms with van der Waals surface area (Å²) in [7, 11) is 0. The third-order valence-corrected chi connectivity index (χ3v) is 4.31. The van der Waals surface area contributed by atoms with Crippen molar-refractivity contribution in [1.29, 1.82) is 0 Å². The lowest BCUT2D eigenvalue weighted by atomic mass is 10.2. The molecule has 0 unspecified atom stereocenters. The van der Waals surface area contributed by atoms with Crippen LogP contribution in [0.15, 0.2) is 42.6 Å². The number of hydrogen-bond donors (Lipinski definition) is 2. The molecule has 1 aromatic carbocycles. The number of carbonyl (C=O) groups is 1. The summed E-state index contributed by atoms with van der Waals surface area (Å²) in [4.78, 5) is 28.2. The number of nitrogens with two attached hydrogens (primary N) is 1. The number of aromatic amines is 1. The smallest absolute Gasteiger partial charge is 0.252 e. The summed E-state index contributed by atoms with van der Waals surface area (Å²) in [6.45, 7) is 3.12. The van der Waals surface area contributed by atoms with Crippen LogP contribution >= 0.6 is 0 Å². The Morgan fingerprint density at radius 2 is 1.79 bits per heavy atom. The fourth-order valence-corrected chi connectivity index (χ4v) is 3.06. The summed E-state index contributed by atoms with van der Waals surface area (Å²) >= 11 is 0. The predicted octanol–water partition coefficient (Wildman–Crippen LogP) is 1.38. The van der Waals surface area contributed by atoms with Crippen molar-refractivity contribution in [2.75, 3.05) is 36.0 Å². The van der Waals surface area contributed by atoms with Crippen LogP contribution in [0.3, 0.4) is 0 Å². The first kappa shape index (κ1) is 14.5. The molecule has 0 saturated carbocycles. The molecule has 3 N–H and O–H groups in total. The largest absolute Gasteiger partial charge is 0.365 e. The van der Waals surface area contributed by atoms with Gasteiger partial charge in [-0.15, -0.1) is 0 Å². The second-order valence-corrected chi connectivity index (χ2v) is 5.79. The zero-order chi connectivity index (χ0) is 16.5. The quantitative estimate of drug-likeness (QED) is 0.760.